The molecular formula is C12H18N2O4. The minimum atomic E-state index is -0.372. The molecule has 1 heterocycles. The van der Waals surface area contributed by atoms with Crippen LogP contribution < -0.4 is 0 Å². The minimum Gasteiger partial charge on any atom is -0.469 e. The Morgan fingerprint density at radius 3 is 2.83 bits per heavy atom. The molecule has 0 aliphatic rings. The largest absolute Gasteiger partial charge is 0.469 e. The fraction of sp³-hybridized carbons (Fsp3) is 0.583. The van der Waals surface area contributed by atoms with E-state index in [0.717, 1.165) is 6.42 Å². The molecule has 0 aliphatic heterocycles. The summed E-state index contributed by atoms with van der Waals surface area (Å²) in [5, 5.41) is 4.06. The maximum atomic E-state index is 11.6. The van der Waals surface area contributed by atoms with E-state index in [1.54, 1.807) is 23.9 Å². The first kappa shape index (κ1) is 14.2. The number of aryl methyl sites for hydroxylation is 1. The van der Waals surface area contributed by atoms with Gasteiger partial charge in [0.2, 0.25) is 0 Å². The number of nitrogens with zero attached hydrogens (tertiary/aromatic N) is 2. The Morgan fingerprint density at radius 2 is 2.17 bits per heavy atom. The summed E-state index contributed by atoms with van der Waals surface area (Å²) < 4.78 is 11.1. The van der Waals surface area contributed by atoms with Crippen LogP contribution in [0.4, 0.5) is 0 Å². The first-order valence-electron chi connectivity index (χ1n) is 5.94. The lowest BCUT2D eigenvalue weighted by Crippen LogP contribution is -2.13. The standard InChI is InChI=1S/C12H18N2O4/c1-3-18-12(16)10-7-8-13-14(10)9-5-4-6-11(15)17-2/h7-8H,3-6,9H2,1-2H3. The quantitative estimate of drug-likeness (QED) is 0.543. The molecule has 0 amide bonds. The summed E-state index contributed by atoms with van der Waals surface area (Å²) in [5.74, 6) is -0.593. The van der Waals surface area contributed by atoms with Gasteiger partial charge in [-0.05, 0) is 25.8 Å². The smallest absolute Gasteiger partial charge is 0.356 e. The van der Waals surface area contributed by atoms with Crippen LogP contribution in [0.15, 0.2) is 12.3 Å². The number of hydrogen-bond donors (Lipinski definition) is 0. The Bertz CT molecular complexity index is 401. The molecule has 0 unspecified atom stereocenters. The van der Waals surface area contributed by atoms with Crippen LogP contribution in [0.5, 0.6) is 0 Å². The fourth-order valence-corrected chi connectivity index (χ4v) is 1.52. The summed E-state index contributed by atoms with van der Waals surface area (Å²) in [6, 6.07) is 1.62. The molecule has 0 spiro atoms. The Labute approximate surface area is 106 Å². The molecule has 0 aromatic carbocycles. The molecule has 1 aromatic heterocycles. The molecule has 0 saturated carbocycles. The SMILES string of the molecule is CCOC(=O)c1ccnn1CCCCC(=O)OC. The van der Waals surface area contributed by atoms with Crippen molar-refractivity contribution in [2.75, 3.05) is 13.7 Å². The lowest BCUT2D eigenvalue weighted by Gasteiger charge is -2.06. The molecule has 6 nitrogen and oxygen atoms in total. The molecule has 1 aromatic rings. The van der Waals surface area contributed by atoms with Crippen molar-refractivity contribution >= 4 is 11.9 Å². The van der Waals surface area contributed by atoms with E-state index in [4.69, 9.17) is 4.74 Å². The normalized spacial score (nSPS) is 10.1. The molecule has 0 radical (unpaired) electrons. The van der Waals surface area contributed by atoms with Crippen molar-refractivity contribution in [3.63, 3.8) is 0 Å². The average Bonchev–Trinajstić information content (AvgIpc) is 2.83. The third-order valence-electron chi connectivity index (χ3n) is 2.43. The van der Waals surface area contributed by atoms with Gasteiger partial charge in [0.25, 0.3) is 0 Å². The first-order chi connectivity index (χ1) is 8.69. The molecule has 0 saturated heterocycles. The molecule has 18 heavy (non-hydrogen) atoms. The van der Waals surface area contributed by atoms with Crippen LogP contribution in [-0.2, 0) is 20.8 Å². The number of carbonyl (C=O) groups excluding carboxylic acids is 2. The third kappa shape index (κ3) is 4.20. The summed E-state index contributed by atoms with van der Waals surface area (Å²) in [7, 11) is 1.37. The molecule has 6 heteroatoms. The van der Waals surface area contributed by atoms with Crippen molar-refractivity contribution in [2.45, 2.75) is 32.7 Å². The van der Waals surface area contributed by atoms with Gasteiger partial charge in [-0.15, -0.1) is 0 Å². The number of rotatable bonds is 7. The molecule has 100 valence electrons. The van der Waals surface area contributed by atoms with E-state index < -0.39 is 0 Å². The van der Waals surface area contributed by atoms with Crippen LogP contribution in [0, 0.1) is 0 Å². The van der Waals surface area contributed by atoms with Gasteiger partial charge >= 0.3 is 11.9 Å². The monoisotopic (exact) mass is 254 g/mol. The van der Waals surface area contributed by atoms with Crippen molar-refractivity contribution in [2.24, 2.45) is 0 Å². The van der Waals surface area contributed by atoms with Crippen molar-refractivity contribution in [1.29, 1.82) is 0 Å². The highest BCUT2D eigenvalue weighted by molar-refractivity contribution is 5.87. The van der Waals surface area contributed by atoms with E-state index in [2.05, 4.69) is 9.84 Å². The van der Waals surface area contributed by atoms with Gasteiger partial charge in [0.15, 0.2) is 0 Å². The van der Waals surface area contributed by atoms with Crippen molar-refractivity contribution < 1.29 is 19.1 Å². The van der Waals surface area contributed by atoms with Crippen LogP contribution in [0.1, 0.15) is 36.7 Å². The second kappa shape index (κ2) is 7.47. The Hall–Kier alpha value is -1.85. The lowest BCUT2D eigenvalue weighted by atomic mass is 10.2. The maximum absolute atomic E-state index is 11.6. The van der Waals surface area contributed by atoms with E-state index in [-0.39, 0.29) is 11.9 Å². The van der Waals surface area contributed by atoms with Gasteiger partial charge in [0.05, 0.1) is 13.7 Å². The van der Waals surface area contributed by atoms with E-state index in [1.165, 1.54) is 7.11 Å². The fourth-order valence-electron chi connectivity index (χ4n) is 1.52. The number of unbranched alkanes of at least 4 members (excludes halogenated alkanes) is 1. The highest BCUT2D eigenvalue weighted by Crippen LogP contribution is 2.05. The molecule has 0 atom stereocenters. The van der Waals surface area contributed by atoms with Gasteiger partial charge in [-0.2, -0.15) is 5.10 Å². The lowest BCUT2D eigenvalue weighted by molar-refractivity contribution is -0.140. The number of ether oxygens (including phenoxy) is 2. The molecule has 1 rings (SSSR count). The molecule has 0 bridgehead atoms. The van der Waals surface area contributed by atoms with Gasteiger partial charge in [-0.3, -0.25) is 9.48 Å². The van der Waals surface area contributed by atoms with Gasteiger partial charge in [0.1, 0.15) is 5.69 Å². The Balaban J connectivity index is 2.41. The predicted octanol–water partition coefficient (Wildman–Crippen LogP) is 1.40. The number of aromatic nitrogens is 2. The molecule has 0 N–H and O–H groups in total. The molecule has 0 aliphatic carbocycles. The number of carbonyl (C=O) groups is 2. The van der Waals surface area contributed by atoms with E-state index in [1.807, 2.05) is 0 Å². The van der Waals surface area contributed by atoms with Crippen molar-refractivity contribution in [1.82, 2.24) is 9.78 Å². The Kier molecular flexibility index (Phi) is 5.90. The van der Waals surface area contributed by atoms with Crippen LogP contribution in [-0.4, -0.2) is 35.4 Å². The second-order valence-corrected chi connectivity index (χ2v) is 3.69. The van der Waals surface area contributed by atoms with Crippen molar-refractivity contribution in [3.8, 4) is 0 Å². The van der Waals surface area contributed by atoms with Gasteiger partial charge < -0.3 is 9.47 Å². The first-order valence-corrected chi connectivity index (χ1v) is 5.94. The predicted molar refractivity (Wildman–Crippen MR) is 64.1 cm³/mol. The highest BCUT2D eigenvalue weighted by atomic mass is 16.5. The van der Waals surface area contributed by atoms with Gasteiger partial charge in [-0.25, -0.2) is 4.79 Å². The summed E-state index contributed by atoms with van der Waals surface area (Å²) in [5.41, 5.74) is 0.440. The highest BCUT2D eigenvalue weighted by Gasteiger charge is 2.12. The Morgan fingerprint density at radius 1 is 1.39 bits per heavy atom. The number of methoxy groups -OCH3 is 1. The van der Waals surface area contributed by atoms with Gasteiger partial charge in [-0.1, -0.05) is 0 Å². The molecule has 0 fully saturated rings. The van der Waals surface area contributed by atoms with Crippen LogP contribution >= 0.6 is 0 Å². The summed E-state index contributed by atoms with van der Waals surface area (Å²) in [4.78, 5) is 22.5. The second-order valence-electron chi connectivity index (χ2n) is 3.69. The van der Waals surface area contributed by atoms with Crippen LogP contribution in [0.2, 0.25) is 0 Å². The van der Waals surface area contributed by atoms with E-state index in [9.17, 15) is 9.59 Å². The molecular weight excluding hydrogens is 236 g/mol. The zero-order valence-electron chi connectivity index (χ0n) is 10.7. The average molecular weight is 254 g/mol. The summed E-state index contributed by atoms with van der Waals surface area (Å²) in [6.07, 6.45) is 3.40. The third-order valence-corrected chi connectivity index (χ3v) is 2.43. The minimum absolute atomic E-state index is 0.221. The van der Waals surface area contributed by atoms with E-state index >= 15 is 0 Å². The maximum Gasteiger partial charge on any atom is 0.356 e. The van der Waals surface area contributed by atoms with Crippen LogP contribution in [0.25, 0.3) is 0 Å². The zero-order valence-corrected chi connectivity index (χ0v) is 10.7. The summed E-state index contributed by atoms with van der Waals surface area (Å²) >= 11 is 0. The topological polar surface area (TPSA) is 70.4 Å². The van der Waals surface area contributed by atoms with Crippen LogP contribution in [0.3, 0.4) is 0 Å². The zero-order chi connectivity index (χ0) is 13.4. The van der Waals surface area contributed by atoms with Gasteiger partial charge in [0, 0.05) is 19.2 Å². The summed E-state index contributed by atoms with van der Waals surface area (Å²) in [6.45, 7) is 2.68. The van der Waals surface area contributed by atoms with E-state index in [0.29, 0.717) is 31.7 Å². The van der Waals surface area contributed by atoms with Crippen molar-refractivity contribution in [3.05, 3.63) is 18.0 Å². The number of esters is 2. The number of hydrogen-bond acceptors (Lipinski definition) is 5.